The van der Waals surface area contributed by atoms with Crippen LogP contribution in [0.25, 0.3) is 0 Å². The van der Waals surface area contributed by atoms with Crippen LogP contribution in [0.3, 0.4) is 0 Å². The molecule has 0 aliphatic carbocycles. The number of thiol groups is 1. The summed E-state index contributed by atoms with van der Waals surface area (Å²) in [6, 6.07) is 9.88. The molecule has 1 atom stereocenters. The zero-order valence-corrected chi connectivity index (χ0v) is 6.72. The fourth-order valence-electron chi connectivity index (χ4n) is 0.820. The van der Waals surface area contributed by atoms with E-state index in [1.165, 1.54) is 0 Å². The van der Waals surface area contributed by atoms with E-state index < -0.39 is 0 Å². The van der Waals surface area contributed by atoms with Crippen LogP contribution < -0.4 is 0 Å². The minimum Gasteiger partial charge on any atom is -0.179 e. The number of hydrogen-bond acceptors (Lipinski definition) is 1. The maximum absolute atomic E-state index is 7.66. The fourth-order valence-corrected chi connectivity index (χ4v) is 0.949. The molecule has 0 aromatic heterocycles. The van der Waals surface area contributed by atoms with E-state index in [0.717, 1.165) is 17.7 Å². The highest BCUT2D eigenvalue weighted by Crippen LogP contribution is 2.02. The average molecular weight is 153 g/mol. The van der Waals surface area contributed by atoms with Crippen molar-refractivity contribution in [1.29, 1.82) is 0 Å². The predicted octanol–water partition coefficient (Wildman–Crippen LogP) is 2.55. The van der Waals surface area contributed by atoms with Crippen LogP contribution in [0.2, 0.25) is 0 Å². The Morgan fingerprint density at radius 3 is 2.60 bits per heavy atom. The van der Waals surface area contributed by atoms with Crippen LogP contribution in [0.5, 0.6) is 0 Å². The molecule has 0 aliphatic rings. The monoisotopic (exact) mass is 153 g/mol. The van der Waals surface area contributed by atoms with E-state index in [2.05, 4.69) is 12.6 Å². The van der Waals surface area contributed by atoms with Gasteiger partial charge < -0.3 is 0 Å². The van der Waals surface area contributed by atoms with E-state index in [1.54, 1.807) is 0 Å². The van der Waals surface area contributed by atoms with Gasteiger partial charge in [-0.15, -0.1) is 0 Å². The molecule has 1 unspecified atom stereocenters. The van der Waals surface area contributed by atoms with Crippen molar-refractivity contribution in [2.24, 2.45) is 0 Å². The Morgan fingerprint density at radius 1 is 1.30 bits per heavy atom. The van der Waals surface area contributed by atoms with E-state index in [9.17, 15) is 0 Å². The molecule has 1 aromatic carbocycles. The molecule has 0 heterocycles. The normalized spacial score (nSPS) is 14.3. The SMILES string of the molecule is [2H]C(CCS)c1ccccc1. The van der Waals surface area contributed by atoms with Crippen LogP contribution in [0.15, 0.2) is 30.3 Å². The summed E-state index contributed by atoms with van der Waals surface area (Å²) in [4.78, 5) is 0. The van der Waals surface area contributed by atoms with E-state index in [4.69, 9.17) is 1.37 Å². The lowest BCUT2D eigenvalue weighted by Gasteiger charge is -1.96. The third-order valence-electron chi connectivity index (χ3n) is 1.31. The van der Waals surface area contributed by atoms with Gasteiger partial charge in [0.25, 0.3) is 0 Å². The number of aryl methyl sites for hydroxylation is 1. The minimum absolute atomic E-state index is 0.103. The molecule has 0 bridgehead atoms. The quantitative estimate of drug-likeness (QED) is 0.634. The van der Waals surface area contributed by atoms with Gasteiger partial charge in [0.1, 0.15) is 0 Å². The average Bonchev–Trinajstić information content (AvgIpc) is 2.07. The van der Waals surface area contributed by atoms with E-state index in [-0.39, 0.29) is 6.40 Å². The molecule has 1 rings (SSSR count). The van der Waals surface area contributed by atoms with Crippen molar-refractivity contribution < 1.29 is 1.37 Å². The first-order valence-electron chi connectivity index (χ1n) is 4.00. The van der Waals surface area contributed by atoms with Gasteiger partial charge in [-0.1, -0.05) is 30.3 Å². The number of rotatable bonds is 3. The highest BCUT2D eigenvalue weighted by atomic mass is 32.1. The van der Waals surface area contributed by atoms with Gasteiger partial charge in [0.15, 0.2) is 0 Å². The van der Waals surface area contributed by atoms with Gasteiger partial charge in [-0.25, -0.2) is 0 Å². The summed E-state index contributed by atoms with van der Waals surface area (Å²) < 4.78 is 7.66. The predicted molar refractivity (Wildman–Crippen MR) is 48.6 cm³/mol. The Hall–Kier alpha value is -0.430. The van der Waals surface area contributed by atoms with E-state index in [0.29, 0.717) is 0 Å². The molecule has 10 heavy (non-hydrogen) atoms. The van der Waals surface area contributed by atoms with Crippen LogP contribution in [-0.2, 0) is 6.40 Å². The van der Waals surface area contributed by atoms with Crippen molar-refractivity contribution in [3.8, 4) is 0 Å². The van der Waals surface area contributed by atoms with E-state index >= 15 is 0 Å². The molecule has 54 valence electrons. The Kier molecular flexibility index (Phi) is 2.77. The van der Waals surface area contributed by atoms with Gasteiger partial charge in [-0.3, -0.25) is 0 Å². The van der Waals surface area contributed by atoms with Gasteiger partial charge in [0.05, 0.1) is 0 Å². The van der Waals surface area contributed by atoms with Crippen molar-refractivity contribution in [2.75, 3.05) is 5.75 Å². The topological polar surface area (TPSA) is 0 Å². The van der Waals surface area contributed by atoms with Gasteiger partial charge in [-0.2, -0.15) is 12.6 Å². The summed E-state index contributed by atoms with van der Waals surface area (Å²) >= 11 is 4.09. The molecule has 0 N–H and O–H groups in total. The third kappa shape index (κ3) is 2.44. The summed E-state index contributed by atoms with van der Waals surface area (Å²) in [5.41, 5.74) is 1.08. The van der Waals surface area contributed by atoms with Gasteiger partial charge in [0.2, 0.25) is 0 Å². The molecular weight excluding hydrogens is 140 g/mol. The maximum Gasteiger partial charge on any atom is 0.0316 e. The molecule has 0 fully saturated rings. The molecule has 0 radical (unpaired) electrons. The molecule has 1 aromatic rings. The molecule has 0 amide bonds. The standard InChI is InChI=1S/C9H12S/c10-8-4-7-9-5-2-1-3-6-9/h1-3,5-6,10H,4,7-8H2/i7D. The Bertz CT molecular complexity index is 198. The maximum atomic E-state index is 7.66. The molecular formula is C9H12S. The molecule has 1 heteroatoms. The lowest BCUT2D eigenvalue weighted by Crippen LogP contribution is -1.84. The molecule has 0 spiro atoms. The third-order valence-corrected chi connectivity index (χ3v) is 1.57. The first-order chi connectivity index (χ1) is 5.34. The Balaban J connectivity index is 2.61. The zero-order chi connectivity index (χ0) is 8.10. The first-order valence-corrected chi connectivity index (χ1v) is 4.06. The lowest BCUT2D eigenvalue weighted by atomic mass is 10.1. The number of benzene rings is 1. The first kappa shape index (κ1) is 6.29. The molecule has 0 aliphatic heterocycles. The molecule has 0 nitrogen and oxygen atoms in total. The smallest absolute Gasteiger partial charge is 0.0316 e. The van der Waals surface area contributed by atoms with Crippen molar-refractivity contribution in [2.45, 2.75) is 12.8 Å². The van der Waals surface area contributed by atoms with Gasteiger partial charge >= 0.3 is 0 Å². The largest absolute Gasteiger partial charge is 0.179 e. The van der Waals surface area contributed by atoms with Crippen molar-refractivity contribution >= 4 is 12.6 Å². The summed E-state index contributed by atoms with van der Waals surface area (Å²) in [6.07, 6.45) is 0.723. The van der Waals surface area contributed by atoms with Gasteiger partial charge in [0, 0.05) is 1.37 Å². The van der Waals surface area contributed by atoms with Crippen LogP contribution in [0, 0.1) is 0 Å². The summed E-state index contributed by atoms with van der Waals surface area (Å²) in [6.45, 7) is 0. The summed E-state index contributed by atoms with van der Waals surface area (Å²) in [5, 5.41) is 0. The van der Waals surface area contributed by atoms with Crippen LogP contribution in [-0.4, -0.2) is 5.75 Å². The summed E-state index contributed by atoms with van der Waals surface area (Å²) in [5.74, 6) is 0.781. The molecule has 0 saturated carbocycles. The summed E-state index contributed by atoms with van der Waals surface area (Å²) in [7, 11) is 0. The van der Waals surface area contributed by atoms with Crippen molar-refractivity contribution in [3.63, 3.8) is 0 Å². The second-order valence-corrected chi connectivity index (χ2v) is 2.57. The van der Waals surface area contributed by atoms with Crippen molar-refractivity contribution in [3.05, 3.63) is 35.9 Å². The minimum atomic E-state index is -0.103. The second-order valence-electron chi connectivity index (χ2n) is 2.13. The Morgan fingerprint density at radius 2 is 2.00 bits per heavy atom. The van der Waals surface area contributed by atoms with Crippen LogP contribution >= 0.6 is 12.6 Å². The van der Waals surface area contributed by atoms with E-state index in [1.807, 2.05) is 30.3 Å². The van der Waals surface area contributed by atoms with Crippen molar-refractivity contribution in [1.82, 2.24) is 0 Å². The highest BCUT2D eigenvalue weighted by Gasteiger charge is 1.87. The number of hydrogen-bond donors (Lipinski definition) is 1. The van der Waals surface area contributed by atoms with Gasteiger partial charge in [-0.05, 0) is 24.1 Å². The second kappa shape index (κ2) is 4.40. The lowest BCUT2D eigenvalue weighted by molar-refractivity contribution is 0.936. The fraction of sp³-hybridized carbons (Fsp3) is 0.333. The zero-order valence-electron chi connectivity index (χ0n) is 6.83. The van der Waals surface area contributed by atoms with Crippen LogP contribution in [0.1, 0.15) is 13.4 Å². The Labute approximate surface area is 69.1 Å². The van der Waals surface area contributed by atoms with Crippen LogP contribution in [0.4, 0.5) is 0 Å². The molecule has 0 saturated heterocycles. The highest BCUT2D eigenvalue weighted by molar-refractivity contribution is 7.80.